The first kappa shape index (κ1) is 22.2. The van der Waals surface area contributed by atoms with Crippen molar-refractivity contribution in [3.8, 4) is 28.6 Å². The second kappa shape index (κ2) is 10.5. The number of rotatable bonds is 8. The van der Waals surface area contributed by atoms with Crippen LogP contribution in [0.1, 0.15) is 32.1 Å². The number of methoxy groups -OCH3 is 2. The Morgan fingerprint density at radius 3 is 2.50 bits per heavy atom. The molecule has 1 aliphatic carbocycles. The summed E-state index contributed by atoms with van der Waals surface area (Å²) in [4.78, 5) is 12.6. The molecule has 8 heteroatoms. The number of nitrogens with one attached hydrogen (secondary N) is 1. The van der Waals surface area contributed by atoms with Crippen LogP contribution < -0.4 is 14.8 Å². The molecule has 0 bridgehead atoms. The minimum atomic E-state index is 0.0301. The summed E-state index contributed by atoms with van der Waals surface area (Å²) in [7, 11) is 3.28. The van der Waals surface area contributed by atoms with Gasteiger partial charge >= 0.3 is 0 Å². The molecule has 168 valence electrons. The number of para-hydroxylation sites is 2. The van der Waals surface area contributed by atoms with Crippen molar-refractivity contribution >= 4 is 17.7 Å². The van der Waals surface area contributed by atoms with E-state index in [9.17, 15) is 4.79 Å². The number of hydrogen-bond acceptors (Lipinski definition) is 6. The lowest BCUT2D eigenvalue weighted by molar-refractivity contribution is -0.119. The predicted octanol–water partition coefficient (Wildman–Crippen LogP) is 4.49. The number of hydrogen-bond donors (Lipinski definition) is 1. The van der Waals surface area contributed by atoms with Gasteiger partial charge in [-0.05, 0) is 49.2 Å². The van der Waals surface area contributed by atoms with Crippen LogP contribution in [0.5, 0.6) is 11.5 Å². The first-order valence-corrected chi connectivity index (χ1v) is 11.8. The van der Waals surface area contributed by atoms with E-state index >= 15 is 0 Å². The Morgan fingerprint density at radius 2 is 1.78 bits per heavy atom. The van der Waals surface area contributed by atoms with Gasteiger partial charge in [0.05, 0.1) is 25.7 Å². The molecule has 0 aliphatic heterocycles. The lowest BCUT2D eigenvalue weighted by Gasteiger charge is -2.22. The molecular formula is C24H28N4O3S. The van der Waals surface area contributed by atoms with E-state index < -0.39 is 0 Å². The number of amides is 1. The number of carbonyl (C=O) groups is 1. The van der Waals surface area contributed by atoms with Crippen molar-refractivity contribution in [1.29, 1.82) is 0 Å². The van der Waals surface area contributed by atoms with Gasteiger partial charge in [0.2, 0.25) is 5.91 Å². The smallest absolute Gasteiger partial charge is 0.230 e. The maximum Gasteiger partial charge on any atom is 0.230 e. The molecule has 0 unspecified atom stereocenters. The second-order valence-electron chi connectivity index (χ2n) is 7.73. The van der Waals surface area contributed by atoms with Crippen LogP contribution >= 0.6 is 11.8 Å². The van der Waals surface area contributed by atoms with Crippen molar-refractivity contribution < 1.29 is 14.3 Å². The van der Waals surface area contributed by atoms with Crippen LogP contribution in [0.2, 0.25) is 0 Å². The summed E-state index contributed by atoms with van der Waals surface area (Å²) >= 11 is 1.38. The highest BCUT2D eigenvalue weighted by Gasteiger charge is 2.21. The molecule has 0 saturated heterocycles. The van der Waals surface area contributed by atoms with Crippen LogP contribution in [-0.2, 0) is 4.79 Å². The third kappa shape index (κ3) is 5.07. The highest BCUT2D eigenvalue weighted by atomic mass is 32.2. The Bertz CT molecular complexity index is 1050. The zero-order valence-electron chi connectivity index (χ0n) is 18.4. The molecule has 1 saturated carbocycles. The van der Waals surface area contributed by atoms with Crippen LogP contribution in [0.25, 0.3) is 17.1 Å². The first-order valence-electron chi connectivity index (χ1n) is 10.8. The fourth-order valence-electron chi connectivity index (χ4n) is 3.97. The summed E-state index contributed by atoms with van der Waals surface area (Å²) in [5, 5.41) is 12.7. The number of thioether (sulfide) groups is 1. The van der Waals surface area contributed by atoms with Crippen LogP contribution in [0.4, 0.5) is 0 Å². The molecule has 4 rings (SSSR count). The van der Waals surface area contributed by atoms with Crippen LogP contribution in [0, 0.1) is 0 Å². The number of aromatic nitrogens is 3. The number of carbonyl (C=O) groups excluding carboxylic acids is 1. The maximum atomic E-state index is 12.6. The van der Waals surface area contributed by atoms with Gasteiger partial charge in [0.1, 0.15) is 11.5 Å². The zero-order valence-corrected chi connectivity index (χ0v) is 19.2. The monoisotopic (exact) mass is 452 g/mol. The molecule has 1 aliphatic rings. The molecule has 1 fully saturated rings. The van der Waals surface area contributed by atoms with Crippen LogP contribution in [0.15, 0.2) is 53.7 Å². The largest absolute Gasteiger partial charge is 0.497 e. The molecule has 1 amide bonds. The van der Waals surface area contributed by atoms with Crippen LogP contribution in [0.3, 0.4) is 0 Å². The fraction of sp³-hybridized carbons (Fsp3) is 0.375. The van der Waals surface area contributed by atoms with E-state index in [1.54, 1.807) is 14.2 Å². The van der Waals surface area contributed by atoms with Crippen LogP contribution in [-0.4, -0.2) is 46.7 Å². The highest BCUT2D eigenvalue weighted by Crippen LogP contribution is 2.33. The Hall–Kier alpha value is -3.00. The molecule has 0 atom stereocenters. The van der Waals surface area contributed by atoms with Gasteiger partial charge in [0.15, 0.2) is 11.0 Å². The summed E-state index contributed by atoms with van der Waals surface area (Å²) in [6.07, 6.45) is 5.76. The van der Waals surface area contributed by atoms with Crippen molar-refractivity contribution in [2.45, 2.75) is 43.3 Å². The molecule has 1 N–H and O–H groups in total. The van der Waals surface area contributed by atoms with Crippen molar-refractivity contribution in [1.82, 2.24) is 20.1 Å². The SMILES string of the molecule is COc1ccc(-c2nnc(SCC(=O)NC3CCCCC3)n2-c2ccccc2OC)cc1. The molecule has 1 aromatic heterocycles. The third-order valence-corrected chi connectivity index (χ3v) is 6.54. The summed E-state index contributed by atoms with van der Waals surface area (Å²) in [5.74, 6) is 2.46. The molecule has 32 heavy (non-hydrogen) atoms. The van der Waals surface area contributed by atoms with E-state index in [1.807, 2.05) is 53.1 Å². The van der Waals surface area contributed by atoms with Gasteiger partial charge in [0.25, 0.3) is 0 Å². The van der Waals surface area contributed by atoms with Crippen molar-refractivity contribution in [3.63, 3.8) is 0 Å². The average Bonchev–Trinajstić information content (AvgIpc) is 3.27. The number of nitrogens with zero attached hydrogens (tertiary/aromatic N) is 3. The van der Waals surface area contributed by atoms with E-state index in [2.05, 4.69) is 15.5 Å². The molecule has 0 spiro atoms. The molecule has 2 aromatic carbocycles. The Labute approximate surface area is 192 Å². The lowest BCUT2D eigenvalue weighted by Crippen LogP contribution is -2.37. The maximum absolute atomic E-state index is 12.6. The minimum Gasteiger partial charge on any atom is -0.497 e. The van der Waals surface area contributed by atoms with E-state index in [4.69, 9.17) is 9.47 Å². The summed E-state index contributed by atoms with van der Waals surface area (Å²) in [6.45, 7) is 0. The molecular weight excluding hydrogens is 424 g/mol. The predicted molar refractivity (Wildman–Crippen MR) is 126 cm³/mol. The van der Waals surface area contributed by atoms with E-state index in [0.29, 0.717) is 22.8 Å². The van der Waals surface area contributed by atoms with E-state index in [-0.39, 0.29) is 11.7 Å². The van der Waals surface area contributed by atoms with Crippen molar-refractivity contribution in [2.24, 2.45) is 0 Å². The Balaban J connectivity index is 1.61. The highest BCUT2D eigenvalue weighted by molar-refractivity contribution is 7.99. The quantitative estimate of drug-likeness (QED) is 0.507. The van der Waals surface area contributed by atoms with E-state index in [1.165, 1.54) is 31.0 Å². The Kier molecular flexibility index (Phi) is 7.32. The second-order valence-corrected chi connectivity index (χ2v) is 8.68. The van der Waals surface area contributed by atoms with Gasteiger partial charge in [-0.15, -0.1) is 10.2 Å². The molecule has 3 aromatic rings. The van der Waals surface area contributed by atoms with Gasteiger partial charge < -0.3 is 14.8 Å². The number of ether oxygens (including phenoxy) is 2. The van der Waals surface area contributed by atoms with Gasteiger partial charge in [-0.1, -0.05) is 43.2 Å². The summed E-state index contributed by atoms with van der Waals surface area (Å²) < 4.78 is 12.8. The van der Waals surface area contributed by atoms with Gasteiger partial charge in [-0.2, -0.15) is 0 Å². The lowest BCUT2D eigenvalue weighted by atomic mass is 9.95. The standard InChI is InChI=1S/C24H28N4O3S/c1-30-19-14-12-17(13-15-19)23-26-27-24(28(23)20-10-6-7-11-21(20)31-2)32-16-22(29)25-18-8-4-3-5-9-18/h6-7,10-15,18H,3-5,8-9,16H2,1-2H3,(H,25,29). The third-order valence-electron chi connectivity index (χ3n) is 5.61. The minimum absolute atomic E-state index is 0.0301. The zero-order chi connectivity index (χ0) is 22.3. The summed E-state index contributed by atoms with van der Waals surface area (Å²) in [5.41, 5.74) is 1.71. The average molecular weight is 453 g/mol. The van der Waals surface area contributed by atoms with Gasteiger partial charge in [0, 0.05) is 11.6 Å². The Morgan fingerprint density at radius 1 is 1.03 bits per heavy atom. The molecule has 7 nitrogen and oxygen atoms in total. The van der Waals surface area contributed by atoms with E-state index in [0.717, 1.165) is 29.8 Å². The fourth-order valence-corrected chi connectivity index (χ4v) is 4.72. The topological polar surface area (TPSA) is 78.3 Å². The molecule has 1 heterocycles. The molecule has 0 radical (unpaired) electrons. The van der Waals surface area contributed by atoms with Crippen molar-refractivity contribution in [2.75, 3.05) is 20.0 Å². The summed E-state index contributed by atoms with van der Waals surface area (Å²) in [6, 6.07) is 15.7. The van der Waals surface area contributed by atoms with Gasteiger partial charge in [-0.25, -0.2) is 0 Å². The normalized spacial score (nSPS) is 14.2. The van der Waals surface area contributed by atoms with Crippen molar-refractivity contribution in [3.05, 3.63) is 48.5 Å². The number of benzene rings is 2. The first-order chi connectivity index (χ1) is 15.7. The van der Waals surface area contributed by atoms with Gasteiger partial charge in [-0.3, -0.25) is 9.36 Å².